The SMILES string of the molecule is Cc1cc(NCCc2nc(C)cs2)nc(Cl)n1. The number of hydrogen-bond donors (Lipinski definition) is 1. The first-order valence-corrected chi connectivity index (χ1v) is 6.55. The third-order valence-corrected chi connectivity index (χ3v) is 3.33. The van der Waals surface area contributed by atoms with Gasteiger partial charge in [-0.2, -0.15) is 0 Å². The third-order valence-electron chi connectivity index (χ3n) is 2.14. The molecular weight excluding hydrogens is 256 g/mol. The normalized spacial score (nSPS) is 10.5. The van der Waals surface area contributed by atoms with Gasteiger partial charge in [0.05, 0.1) is 5.01 Å². The lowest BCUT2D eigenvalue weighted by Gasteiger charge is -2.05. The summed E-state index contributed by atoms with van der Waals surface area (Å²) < 4.78 is 0. The predicted molar refractivity (Wildman–Crippen MR) is 70.8 cm³/mol. The van der Waals surface area contributed by atoms with Gasteiger partial charge in [0.25, 0.3) is 0 Å². The first-order valence-electron chi connectivity index (χ1n) is 5.29. The summed E-state index contributed by atoms with van der Waals surface area (Å²) in [6, 6.07) is 1.87. The van der Waals surface area contributed by atoms with Crippen molar-refractivity contribution < 1.29 is 0 Å². The van der Waals surface area contributed by atoms with Gasteiger partial charge in [0, 0.05) is 35.8 Å². The number of thiazole rings is 1. The lowest BCUT2D eigenvalue weighted by Crippen LogP contribution is -2.07. The first kappa shape index (κ1) is 12.3. The number of hydrogen-bond acceptors (Lipinski definition) is 5. The van der Waals surface area contributed by atoms with E-state index in [1.165, 1.54) is 0 Å². The van der Waals surface area contributed by atoms with Crippen molar-refractivity contribution in [3.8, 4) is 0 Å². The van der Waals surface area contributed by atoms with Gasteiger partial charge >= 0.3 is 0 Å². The van der Waals surface area contributed by atoms with E-state index >= 15 is 0 Å². The molecule has 0 bridgehead atoms. The highest BCUT2D eigenvalue weighted by molar-refractivity contribution is 7.09. The number of nitrogens with zero attached hydrogens (tertiary/aromatic N) is 3. The topological polar surface area (TPSA) is 50.7 Å². The molecule has 0 aliphatic carbocycles. The molecule has 0 saturated heterocycles. The van der Waals surface area contributed by atoms with Crippen molar-refractivity contribution in [1.29, 1.82) is 0 Å². The van der Waals surface area contributed by atoms with Gasteiger partial charge in [0.15, 0.2) is 0 Å². The Labute approximate surface area is 109 Å². The molecule has 0 aromatic carbocycles. The smallest absolute Gasteiger partial charge is 0.224 e. The Morgan fingerprint density at radius 3 is 2.71 bits per heavy atom. The summed E-state index contributed by atoms with van der Waals surface area (Å²) in [5, 5.41) is 6.68. The van der Waals surface area contributed by atoms with E-state index in [4.69, 9.17) is 11.6 Å². The molecule has 2 heterocycles. The molecule has 0 fully saturated rings. The van der Waals surface area contributed by atoms with Crippen molar-refractivity contribution in [1.82, 2.24) is 15.0 Å². The molecule has 6 heteroatoms. The first-order chi connectivity index (χ1) is 8.13. The summed E-state index contributed by atoms with van der Waals surface area (Å²) in [5.74, 6) is 0.760. The average molecular weight is 269 g/mol. The molecule has 2 rings (SSSR count). The van der Waals surface area contributed by atoms with E-state index in [9.17, 15) is 0 Å². The molecule has 1 N–H and O–H groups in total. The number of aryl methyl sites for hydroxylation is 2. The van der Waals surface area contributed by atoms with Crippen molar-refractivity contribution >= 4 is 28.8 Å². The Morgan fingerprint density at radius 1 is 1.24 bits per heavy atom. The van der Waals surface area contributed by atoms with Crippen LogP contribution in [0.4, 0.5) is 5.82 Å². The summed E-state index contributed by atoms with van der Waals surface area (Å²) in [6.45, 7) is 4.68. The molecule has 2 aromatic heterocycles. The molecule has 0 spiro atoms. The number of rotatable bonds is 4. The van der Waals surface area contributed by atoms with Crippen LogP contribution in [0.25, 0.3) is 0 Å². The van der Waals surface area contributed by atoms with Gasteiger partial charge in [0.1, 0.15) is 5.82 Å². The van der Waals surface area contributed by atoms with Crippen molar-refractivity contribution in [2.75, 3.05) is 11.9 Å². The fourth-order valence-electron chi connectivity index (χ4n) is 1.44. The second kappa shape index (κ2) is 5.42. The van der Waals surface area contributed by atoms with Gasteiger partial charge in [-0.3, -0.25) is 0 Å². The molecule has 17 heavy (non-hydrogen) atoms. The van der Waals surface area contributed by atoms with E-state index in [-0.39, 0.29) is 5.28 Å². The van der Waals surface area contributed by atoms with Crippen molar-refractivity contribution in [2.45, 2.75) is 20.3 Å². The minimum absolute atomic E-state index is 0.276. The molecule has 2 aromatic rings. The van der Waals surface area contributed by atoms with Crippen molar-refractivity contribution in [2.24, 2.45) is 0 Å². The fraction of sp³-hybridized carbons (Fsp3) is 0.364. The standard InChI is InChI=1S/C11H13ClN4S/c1-7-5-9(16-11(12)15-7)13-4-3-10-14-8(2)6-17-10/h5-6H,3-4H2,1-2H3,(H,13,15,16). The van der Waals surface area contributed by atoms with Gasteiger partial charge < -0.3 is 5.32 Å². The molecule has 4 nitrogen and oxygen atoms in total. The van der Waals surface area contributed by atoms with Crippen LogP contribution in [0.15, 0.2) is 11.4 Å². The summed E-state index contributed by atoms with van der Waals surface area (Å²) in [5.41, 5.74) is 1.93. The highest BCUT2D eigenvalue weighted by Crippen LogP contribution is 2.11. The van der Waals surface area contributed by atoms with Gasteiger partial charge in [0.2, 0.25) is 5.28 Å². The zero-order valence-electron chi connectivity index (χ0n) is 9.70. The molecule has 0 unspecified atom stereocenters. The van der Waals surface area contributed by atoms with E-state index in [0.717, 1.165) is 35.2 Å². The Hall–Kier alpha value is -1.20. The van der Waals surface area contributed by atoms with E-state index in [2.05, 4.69) is 25.6 Å². The zero-order chi connectivity index (χ0) is 12.3. The predicted octanol–water partition coefficient (Wildman–Crippen LogP) is 2.86. The summed E-state index contributed by atoms with van der Waals surface area (Å²) in [7, 11) is 0. The van der Waals surface area contributed by atoms with Crippen LogP contribution >= 0.6 is 22.9 Å². The molecule has 0 aliphatic rings. The minimum Gasteiger partial charge on any atom is -0.369 e. The number of aromatic nitrogens is 3. The van der Waals surface area contributed by atoms with Crippen LogP contribution in [-0.4, -0.2) is 21.5 Å². The van der Waals surface area contributed by atoms with Crippen LogP contribution in [0.2, 0.25) is 5.28 Å². The van der Waals surface area contributed by atoms with Crippen LogP contribution in [0.5, 0.6) is 0 Å². The summed E-state index contributed by atoms with van der Waals surface area (Å²) in [4.78, 5) is 12.5. The Balaban J connectivity index is 1.89. The Morgan fingerprint density at radius 2 is 2.06 bits per heavy atom. The van der Waals surface area contributed by atoms with Gasteiger partial charge in [-0.1, -0.05) is 0 Å². The molecule has 90 valence electrons. The zero-order valence-corrected chi connectivity index (χ0v) is 11.3. The molecule has 0 saturated carbocycles. The average Bonchev–Trinajstić information content (AvgIpc) is 2.63. The lowest BCUT2D eigenvalue weighted by molar-refractivity contribution is 0.970. The second-order valence-corrected chi connectivity index (χ2v) is 5.00. The monoisotopic (exact) mass is 268 g/mol. The Bertz CT molecular complexity index is 492. The maximum Gasteiger partial charge on any atom is 0.224 e. The maximum atomic E-state index is 5.78. The van der Waals surface area contributed by atoms with E-state index in [1.54, 1.807) is 11.3 Å². The van der Waals surface area contributed by atoms with Gasteiger partial charge in [-0.25, -0.2) is 15.0 Å². The summed E-state index contributed by atoms with van der Waals surface area (Å²) >= 11 is 7.46. The Kier molecular flexibility index (Phi) is 3.91. The molecule has 0 radical (unpaired) electrons. The van der Waals surface area contributed by atoms with E-state index < -0.39 is 0 Å². The van der Waals surface area contributed by atoms with E-state index in [0.29, 0.717) is 0 Å². The number of anilines is 1. The lowest BCUT2D eigenvalue weighted by atomic mass is 10.4. The molecule has 0 atom stereocenters. The molecule has 0 aliphatic heterocycles. The van der Waals surface area contributed by atoms with Crippen LogP contribution in [-0.2, 0) is 6.42 Å². The minimum atomic E-state index is 0.276. The second-order valence-electron chi connectivity index (χ2n) is 3.72. The maximum absolute atomic E-state index is 5.78. The molecular formula is C11H13ClN4S. The van der Waals surface area contributed by atoms with E-state index in [1.807, 2.05) is 19.9 Å². The number of halogens is 1. The van der Waals surface area contributed by atoms with Crippen LogP contribution < -0.4 is 5.32 Å². The van der Waals surface area contributed by atoms with Crippen molar-refractivity contribution in [3.63, 3.8) is 0 Å². The highest BCUT2D eigenvalue weighted by atomic mass is 35.5. The highest BCUT2D eigenvalue weighted by Gasteiger charge is 2.01. The van der Waals surface area contributed by atoms with Crippen LogP contribution in [0, 0.1) is 13.8 Å². The van der Waals surface area contributed by atoms with Crippen LogP contribution in [0.3, 0.4) is 0 Å². The van der Waals surface area contributed by atoms with Gasteiger partial charge in [-0.15, -0.1) is 11.3 Å². The number of nitrogens with one attached hydrogen (secondary N) is 1. The quantitative estimate of drug-likeness (QED) is 0.867. The van der Waals surface area contributed by atoms with Crippen LogP contribution in [0.1, 0.15) is 16.4 Å². The fourth-order valence-corrected chi connectivity index (χ4v) is 2.44. The molecule has 0 amide bonds. The third kappa shape index (κ3) is 3.64. The van der Waals surface area contributed by atoms with Crippen molar-refractivity contribution in [3.05, 3.63) is 33.1 Å². The van der Waals surface area contributed by atoms with Gasteiger partial charge in [-0.05, 0) is 25.4 Å². The largest absolute Gasteiger partial charge is 0.369 e. The summed E-state index contributed by atoms with van der Waals surface area (Å²) in [6.07, 6.45) is 0.888.